The number of carbonyl (C=O) groups is 1. The molecule has 2 rings (SSSR count). The van der Waals surface area contributed by atoms with Gasteiger partial charge in [-0.15, -0.1) is 8.78 Å². The molecule has 1 atom stereocenters. The number of alkyl halides is 2. The molecule has 1 aliphatic heterocycles. The molecule has 1 heterocycles. The van der Waals surface area contributed by atoms with Gasteiger partial charge in [0.05, 0.1) is 0 Å². The van der Waals surface area contributed by atoms with Crippen molar-refractivity contribution in [3.63, 3.8) is 0 Å². The Hall–Kier alpha value is -1.69. The van der Waals surface area contributed by atoms with Gasteiger partial charge in [-0.1, -0.05) is 6.92 Å². The number of halogens is 2. The zero-order valence-electron chi connectivity index (χ0n) is 9.78. The topological polar surface area (TPSA) is 61.6 Å². The van der Waals surface area contributed by atoms with E-state index in [0.29, 0.717) is 18.5 Å². The third kappa shape index (κ3) is 2.43. The van der Waals surface area contributed by atoms with Crippen LogP contribution in [0.4, 0.5) is 8.78 Å². The van der Waals surface area contributed by atoms with E-state index >= 15 is 0 Å². The summed E-state index contributed by atoms with van der Waals surface area (Å²) in [5, 5.41) is 0. The van der Waals surface area contributed by atoms with Crippen molar-refractivity contribution in [2.24, 2.45) is 11.7 Å². The van der Waals surface area contributed by atoms with Gasteiger partial charge in [0.25, 0.3) is 0 Å². The van der Waals surface area contributed by atoms with Crippen molar-refractivity contribution in [3.8, 4) is 11.5 Å². The van der Waals surface area contributed by atoms with Crippen LogP contribution in [0, 0.1) is 5.92 Å². The Bertz CT molecular complexity index is 476. The number of hydrogen-bond acceptors (Lipinski definition) is 4. The number of hydrogen-bond donors (Lipinski definition) is 1. The molecule has 1 aromatic rings. The summed E-state index contributed by atoms with van der Waals surface area (Å²) in [7, 11) is 0. The van der Waals surface area contributed by atoms with Gasteiger partial charge in [-0.05, 0) is 31.2 Å². The maximum Gasteiger partial charge on any atom is 0.586 e. The minimum absolute atomic E-state index is 0.0666. The Balaban J connectivity index is 2.21. The molecular formula is C12H13F2NO3. The molecule has 6 heteroatoms. The largest absolute Gasteiger partial charge is 0.586 e. The van der Waals surface area contributed by atoms with Crippen molar-refractivity contribution >= 4 is 5.78 Å². The van der Waals surface area contributed by atoms with Crippen LogP contribution in [0.3, 0.4) is 0 Å². The zero-order chi connectivity index (χ0) is 13.3. The third-order valence-electron chi connectivity index (χ3n) is 2.73. The van der Waals surface area contributed by atoms with E-state index in [4.69, 9.17) is 5.73 Å². The molecule has 0 radical (unpaired) electrons. The van der Waals surface area contributed by atoms with Crippen molar-refractivity contribution in [1.82, 2.24) is 0 Å². The number of ether oxygens (including phenoxy) is 2. The highest BCUT2D eigenvalue weighted by molar-refractivity contribution is 5.98. The molecule has 1 aromatic carbocycles. The lowest BCUT2D eigenvalue weighted by atomic mass is 9.96. The number of fused-ring (bicyclic) bond motifs is 1. The number of ketones is 1. The minimum Gasteiger partial charge on any atom is -0.395 e. The fourth-order valence-electron chi connectivity index (χ4n) is 1.77. The van der Waals surface area contributed by atoms with Crippen molar-refractivity contribution in [1.29, 1.82) is 0 Å². The molecule has 1 unspecified atom stereocenters. The highest BCUT2D eigenvalue weighted by atomic mass is 19.3. The standard InChI is InChI=1S/C12H13F2NO3/c1-7(4-5-15)11(16)8-2-3-9-10(6-8)18-12(13,14)17-9/h2-3,6-7H,4-5,15H2,1H3. The Kier molecular flexibility index (Phi) is 3.21. The lowest BCUT2D eigenvalue weighted by molar-refractivity contribution is -0.286. The van der Waals surface area contributed by atoms with Crippen molar-refractivity contribution < 1.29 is 23.0 Å². The van der Waals surface area contributed by atoms with Crippen molar-refractivity contribution in [2.75, 3.05) is 6.54 Å². The SMILES string of the molecule is CC(CCN)C(=O)c1ccc2c(c1)OC(F)(F)O2. The van der Waals surface area contributed by atoms with Crippen LogP contribution in [0.2, 0.25) is 0 Å². The molecule has 0 saturated heterocycles. The molecule has 0 amide bonds. The molecule has 0 bridgehead atoms. The summed E-state index contributed by atoms with van der Waals surface area (Å²) in [6.45, 7) is 2.14. The summed E-state index contributed by atoms with van der Waals surface area (Å²) < 4.78 is 34.1. The van der Waals surface area contributed by atoms with Crippen LogP contribution >= 0.6 is 0 Å². The smallest absolute Gasteiger partial charge is 0.395 e. The summed E-state index contributed by atoms with van der Waals surface area (Å²) in [6.07, 6.45) is -3.11. The zero-order valence-corrected chi connectivity index (χ0v) is 9.78. The average Bonchev–Trinajstić information content (AvgIpc) is 2.60. The quantitative estimate of drug-likeness (QED) is 0.840. The predicted molar refractivity (Wildman–Crippen MR) is 59.8 cm³/mol. The van der Waals surface area contributed by atoms with Crippen molar-refractivity contribution in [2.45, 2.75) is 19.6 Å². The normalized spacial score (nSPS) is 17.6. The van der Waals surface area contributed by atoms with E-state index in [1.165, 1.54) is 18.2 Å². The molecule has 18 heavy (non-hydrogen) atoms. The van der Waals surface area contributed by atoms with Gasteiger partial charge >= 0.3 is 6.29 Å². The number of nitrogens with two attached hydrogens (primary N) is 1. The van der Waals surface area contributed by atoms with Gasteiger partial charge in [0.15, 0.2) is 17.3 Å². The number of carbonyl (C=O) groups excluding carboxylic acids is 1. The summed E-state index contributed by atoms with van der Waals surface area (Å²) in [5.74, 6) is -0.591. The number of Topliss-reactive ketones (excluding diaryl/α,β-unsaturated/α-hetero) is 1. The molecule has 98 valence electrons. The first-order valence-electron chi connectivity index (χ1n) is 5.57. The van der Waals surface area contributed by atoms with E-state index in [1.807, 2.05) is 0 Å². The fraction of sp³-hybridized carbons (Fsp3) is 0.417. The first-order valence-corrected chi connectivity index (χ1v) is 5.57. The summed E-state index contributed by atoms with van der Waals surface area (Å²) in [5.41, 5.74) is 5.69. The Labute approximate surface area is 103 Å². The summed E-state index contributed by atoms with van der Waals surface area (Å²) >= 11 is 0. The number of rotatable bonds is 4. The van der Waals surface area contributed by atoms with Crippen LogP contribution in [0.25, 0.3) is 0 Å². The molecule has 4 nitrogen and oxygen atoms in total. The summed E-state index contributed by atoms with van der Waals surface area (Å²) in [4.78, 5) is 12.0. The third-order valence-corrected chi connectivity index (χ3v) is 2.73. The molecule has 0 aromatic heterocycles. The maximum atomic E-state index is 12.8. The van der Waals surface area contributed by atoms with Gasteiger partial charge in [-0.3, -0.25) is 4.79 Å². The van der Waals surface area contributed by atoms with Crippen LogP contribution in [0.15, 0.2) is 18.2 Å². The fourth-order valence-corrected chi connectivity index (χ4v) is 1.77. The number of benzene rings is 1. The van der Waals surface area contributed by atoms with E-state index in [9.17, 15) is 13.6 Å². The van der Waals surface area contributed by atoms with E-state index in [0.717, 1.165) is 0 Å². The molecule has 2 N–H and O–H groups in total. The Morgan fingerprint density at radius 3 is 2.72 bits per heavy atom. The molecule has 1 aliphatic rings. The van der Waals surface area contributed by atoms with Gasteiger partial charge < -0.3 is 15.2 Å². The lowest BCUT2D eigenvalue weighted by Gasteiger charge is -2.09. The average molecular weight is 257 g/mol. The predicted octanol–water partition coefficient (Wildman–Crippen LogP) is 2.18. The molecule has 0 fully saturated rings. The molecule has 0 spiro atoms. The first kappa shape index (κ1) is 12.8. The van der Waals surface area contributed by atoms with Crippen LogP contribution < -0.4 is 15.2 Å². The molecule has 0 saturated carbocycles. The maximum absolute atomic E-state index is 12.8. The van der Waals surface area contributed by atoms with E-state index in [-0.39, 0.29) is 23.2 Å². The van der Waals surface area contributed by atoms with Gasteiger partial charge in [0.2, 0.25) is 0 Å². The highest BCUT2D eigenvalue weighted by Crippen LogP contribution is 2.41. The van der Waals surface area contributed by atoms with Crippen LogP contribution in [-0.4, -0.2) is 18.6 Å². The second-order valence-corrected chi connectivity index (χ2v) is 4.17. The first-order chi connectivity index (χ1) is 8.43. The van der Waals surface area contributed by atoms with Gasteiger partial charge in [-0.25, -0.2) is 0 Å². The second kappa shape index (κ2) is 4.53. The van der Waals surface area contributed by atoms with Crippen LogP contribution in [0.5, 0.6) is 11.5 Å². The van der Waals surface area contributed by atoms with E-state index in [1.54, 1.807) is 6.92 Å². The van der Waals surface area contributed by atoms with Gasteiger partial charge in [-0.2, -0.15) is 0 Å². The van der Waals surface area contributed by atoms with Gasteiger partial charge in [0.1, 0.15) is 0 Å². The lowest BCUT2D eigenvalue weighted by Crippen LogP contribution is -2.25. The Morgan fingerprint density at radius 1 is 1.39 bits per heavy atom. The minimum atomic E-state index is -3.66. The summed E-state index contributed by atoms with van der Waals surface area (Å²) in [6, 6.07) is 4.02. The second-order valence-electron chi connectivity index (χ2n) is 4.17. The molecular weight excluding hydrogens is 244 g/mol. The van der Waals surface area contributed by atoms with E-state index < -0.39 is 6.29 Å². The monoisotopic (exact) mass is 257 g/mol. The highest BCUT2D eigenvalue weighted by Gasteiger charge is 2.43. The van der Waals surface area contributed by atoms with E-state index in [2.05, 4.69) is 9.47 Å². The van der Waals surface area contributed by atoms with Crippen LogP contribution in [-0.2, 0) is 0 Å². The van der Waals surface area contributed by atoms with Gasteiger partial charge in [0, 0.05) is 11.5 Å². The Morgan fingerprint density at radius 2 is 2.06 bits per heavy atom. The van der Waals surface area contributed by atoms with Crippen LogP contribution in [0.1, 0.15) is 23.7 Å². The van der Waals surface area contributed by atoms with Crippen molar-refractivity contribution in [3.05, 3.63) is 23.8 Å². The molecule has 0 aliphatic carbocycles.